The van der Waals surface area contributed by atoms with Gasteiger partial charge >= 0.3 is 0 Å². The van der Waals surface area contributed by atoms with Crippen LogP contribution >= 0.6 is 0 Å². The zero-order valence-corrected chi connectivity index (χ0v) is 12.5. The van der Waals surface area contributed by atoms with Crippen molar-refractivity contribution in [2.75, 3.05) is 19.8 Å². The first-order valence-electron chi connectivity index (χ1n) is 7.61. The van der Waals surface area contributed by atoms with E-state index >= 15 is 0 Å². The fourth-order valence-corrected chi connectivity index (χ4v) is 1.48. The van der Waals surface area contributed by atoms with Crippen LogP contribution in [0.1, 0.15) is 78.6 Å². The van der Waals surface area contributed by atoms with E-state index in [0.717, 1.165) is 26.2 Å². The highest BCUT2D eigenvalue weighted by Gasteiger charge is 1.90. The molecular formula is C15H35NO. The molecule has 2 nitrogen and oxygen atoms in total. The Labute approximate surface area is 109 Å². The molecule has 0 amide bonds. The summed E-state index contributed by atoms with van der Waals surface area (Å²) in [5.74, 6) is 0. The van der Waals surface area contributed by atoms with E-state index in [9.17, 15) is 0 Å². The van der Waals surface area contributed by atoms with Gasteiger partial charge in [0.15, 0.2) is 0 Å². The zero-order valence-electron chi connectivity index (χ0n) is 12.5. The lowest BCUT2D eigenvalue weighted by atomic mass is 10.1. The number of ether oxygens (including phenoxy) is 1. The lowest BCUT2D eigenvalue weighted by molar-refractivity contribution is 0.143. The average Bonchev–Trinajstić information content (AvgIpc) is 2.37. The van der Waals surface area contributed by atoms with Crippen molar-refractivity contribution in [3.63, 3.8) is 0 Å². The van der Waals surface area contributed by atoms with Gasteiger partial charge < -0.3 is 10.5 Å². The average molecular weight is 245 g/mol. The van der Waals surface area contributed by atoms with Crippen LogP contribution in [0.2, 0.25) is 0 Å². The van der Waals surface area contributed by atoms with E-state index in [2.05, 4.69) is 20.8 Å². The summed E-state index contributed by atoms with van der Waals surface area (Å²) in [4.78, 5) is 0. The van der Waals surface area contributed by atoms with Crippen molar-refractivity contribution in [2.24, 2.45) is 5.73 Å². The van der Waals surface area contributed by atoms with Gasteiger partial charge in [-0.15, -0.1) is 0 Å². The molecule has 0 aliphatic heterocycles. The zero-order chi connectivity index (χ0) is 13.2. The number of hydrogen-bond donors (Lipinski definition) is 1. The van der Waals surface area contributed by atoms with E-state index in [1.54, 1.807) is 0 Å². The molecule has 106 valence electrons. The Morgan fingerprint density at radius 3 is 1.59 bits per heavy atom. The van der Waals surface area contributed by atoms with Crippen LogP contribution in [0.5, 0.6) is 0 Å². The van der Waals surface area contributed by atoms with Crippen LogP contribution in [0.4, 0.5) is 0 Å². The quantitative estimate of drug-likeness (QED) is 0.543. The Bertz CT molecular complexity index is 95.1. The molecule has 0 rings (SSSR count). The molecule has 0 unspecified atom stereocenters. The van der Waals surface area contributed by atoms with Gasteiger partial charge in [-0.05, 0) is 26.3 Å². The summed E-state index contributed by atoms with van der Waals surface area (Å²) in [5.41, 5.74) is 5.03. The first-order valence-corrected chi connectivity index (χ1v) is 7.61. The van der Waals surface area contributed by atoms with Crippen molar-refractivity contribution in [1.29, 1.82) is 0 Å². The van der Waals surface area contributed by atoms with Gasteiger partial charge in [-0.2, -0.15) is 0 Å². The minimum atomic E-state index is 0.819. The molecule has 2 N–H and O–H groups in total. The second-order valence-corrected chi connectivity index (χ2v) is 4.46. The summed E-state index contributed by atoms with van der Waals surface area (Å²) in [5, 5.41) is 0. The first-order chi connectivity index (χ1) is 8.33. The third-order valence-corrected chi connectivity index (χ3v) is 2.64. The van der Waals surface area contributed by atoms with E-state index in [-0.39, 0.29) is 0 Å². The van der Waals surface area contributed by atoms with Crippen LogP contribution in [0.15, 0.2) is 0 Å². The largest absolute Gasteiger partial charge is 0.382 e. The number of rotatable bonds is 11. The molecule has 0 aromatic rings. The SMILES string of the molecule is CCCCCCCCCCOCC.CCCN. The lowest BCUT2D eigenvalue weighted by Crippen LogP contribution is -1.93. The minimum absolute atomic E-state index is 0.819. The van der Waals surface area contributed by atoms with Crippen LogP contribution < -0.4 is 5.73 Å². The van der Waals surface area contributed by atoms with Gasteiger partial charge in [-0.25, -0.2) is 0 Å². The first kappa shape index (κ1) is 19.3. The van der Waals surface area contributed by atoms with Crippen molar-refractivity contribution in [1.82, 2.24) is 0 Å². The van der Waals surface area contributed by atoms with E-state index in [0.29, 0.717) is 0 Å². The van der Waals surface area contributed by atoms with E-state index < -0.39 is 0 Å². The van der Waals surface area contributed by atoms with Crippen molar-refractivity contribution in [2.45, 2.75) is 78.6 Å². The third kappa shape index (κ3) is 25.9. The molecule has 0 fully saturated rings. The molecule has 0 spiro atoms. The normalized spacial score (nSPS) is 9.88. The van der Waals surface area contributed by atoms with Gasteiger partial charge in [-0.1, -0.05) is 58.8 Å². The summed E-state index contributed by atoms with van der Waals surface area (Å²) in [6.07, 6.45) is 12.2. The summed E-state index contributed by atoms with van der Waals surface area (Å²) in [7, 11) is 0. The smallest absolute Gasteiger partial charge is 0.0465 e. The van der Waals surface area contributed by atoms with Crippen molar-refractivity contribution in [3.8, 4) is 0 Å². The van der Waals surface area contributed by atoms with E-state index in [4.69, 9.17) is 10.5 Å². The van der Waals surface area contributed by atoms with Gasteiger partial charge in [0, 0.05) is 13.2 Å². The molecular weight excluding hydrogens is 210 g/mol. The van der Waals surface area contributed by atoms with Crippen molar-refractivity contribution >= 4 is 0 Å². The van der Waals surface area contributed by atoms with Crippen molar-refractivity contribution < 1.29 is 4.74 Å². The lowest BCUT2D eigenvalue weighted by Gasteiger charge is -2.01. The molecule has 17 heavy (non-hydrogen) atoms. The number of nitrogens with two attached hydrogens (primary N) is 1. The summed E-state index contributed by atoms with van der Waals surface area (Å²) in [6.45, 7) is 9.04. The Balaban J connectivity index is 0. The van der Waals surface area contributed by atoms with Crippen LogP contribution in [0, 0.1) is 0 Å². The van der Waals surface area contributed by atoms with Gasteiger partial charge in [0.25, 0.3) is 0 Å². The van der Waals surface area contributed by atoms with E-state index in [1.165, 1.54) is 51.4 Å². The van der Waals surface area contributed by atoms with Gasteiger partial charge in [0.05, 0.1) is 0 Å². The summed E-state index contributed by atoms with van der Waals surface area (Å²) in [6, 6.07) is 0. The highest BCUT2D eigenvalue weighted by atomic mass is 16.5. The van der Waals surface area contributed by atoms with Crippen LogP contribution in [-0.4, -0.2) is 19.8 Å². The molecule has 0 saturated heterocycles. The molecule has 0 aromatic heterocycles. The molecule has 0 aromatic carbocycles. The Morgan fingerprint density at radius 1 is 0.706 bits per heavy atom. The molecule has 0 bridgehead atoms. The predicted molar refractivity (Wildman–Crippen MR) is 78.4 cm³/mol. The molecule has 0 aliphatic carbocycles. The summed E-state index contributed by atoms with van der Waals surface area (Å²) >= 11 is 0. The third-order valence-electron chi connectivity index (χ3n) is 2.64. The van der Waals surface area contributed by atoms with Crippen LogP contribution in [-0.2, 0) is 4.74 Å². The number of hydrogen-bond acceptors (Lipinski definition) is 2. The molecule has 0 heterocycles. The Hall–Kier alpha value is -0.0800. The maximum atomic E-state index is 5.28. The predicted octanol–water partition coefficient (Wildman–Crippen LogP) is 4.52. The highest BCUT2D eigenvalue weighted by Crippen LogP contribution is 2.08. The second kappa shape index (κ2) is 21.2. The highest BCUT2D eigenvalue weighted by molar-refractivity contribution is 4.45. The monoisotopic (exact) mass is 245 g/mol. The van der Waals surface area contributed by atoms with Crippen LogP contribution in [0.3, 0.4) is 0 Å². The standard InChI is InChI=1S/C12H26O.C3H9N/c1-3-5-6-7-8-9-10-11-12-13-4-2;1-2-3-4/h3-12H2,1-2H3;2-4H2,1H3. The van der Waals surface area contributed by atoms with E-state index in [1.807, 2.05) is 0 Å². The van der Waals surface area contributed by atoms with Crippen molar-refractivity contribution in [3.05, 3.63) is 0 Å². The summed E-state index contributed by atoms with van der Waals surface area (Å²) < 4.78 is 5.28. The molecule has 0 atom stereocenters. The number of unbranched alkanes of at least 4 members (excludes halogenated alkanes) is 7. The maximum Gasteiger partial charge on any atom is 0.0465 e. The minimum Gasteiger partial charge on any atom is -0.382 e. The Morgan fingerprint density at radius 2 is 1.18 bits per heavy atom. The molecule has 2 heteroatoms. The van der Waals surface area contributed by atoms with Gasteiger partial charge in [0.2, 0.25) is 0 Å². The van der Waals surface area contributed by atoms with Gasteiger partial charge in [-0.3, -0.25) is 0 Å². The van der Waals surface area contributed by atoms with Crippen LogP contribution in [0.25, 0.3) is 0 Å². The Kier molecular flexibility index (Phi) is 24.1. The fraction of sp³-hybridized carbons (Fsp3) is 1.00. The fourth-order valence-electron chi connectivity index (χ4n) is 1.48. The molecule has 0 radical (unpaired) electrons. The molecule has 0 aliphatic rings. The maximum absolute atomic E-state index is 5.28. The topological polar surface area (TPSA) is 35.2 Å². The second-order valence-electron chi connectivity index (χ2n) is 4.46. The molecule has 0 saturated carbocycles. The van der Waals surface area contributed by atoms with Gasteiger partial charge in [0.1, 0.15) is 0 Å².